The van der Waals surface area contributed by atoms with Gasteiger partial charge in [0, 0.05) is 16.8 Å². The van der Waals surface area contributed by atoms with E-state index in [-0.39, 0.29) is 28.0 Å². The van der Waals surface area contributed by atoms with Gasteiger partial charge in [0.15, 0.2) is 11.5 Å². The van der Waals surface area contributed by atoms with Crippen LogP contribution in [0.5, 0.6) is 0 Å². The van der Waals surface area contributed by atoms with Gasteiger partial charge in [-0.2, -0.15) is 22.8 Å². The number of rotatable bonds is 2. The van der Waals surface area contributed by atoms with Crippen molar-refractivity contribution in [1.82, 2.24) is 14.6 Å². The van der Waals surface area contributed by atoms with E-state index in [0.29, 0.717) is 5.69 Å². The second-order valence-corrected chi connectivity index (χ2v) is 6.39. The lowest BCUT2D eigenvalue weighted by Crippen LogP contribution is -2.04. The first kappa shape index (κ1) is 17.7. The topological polar surface area (TPSA) is 30.2 Å². The van der Waals surface area contributed by atoms with Crippen molar-refractivity contribution in [2.75, 3.05) is 0 Å². The number of fused-ring (bicyclic) bond motifs is 1. The van der Waals surface area contributed by atoms with Crippen molar-refractivity contribution in [3.05, 3.63) is 52.1 Å². The molecule has 0 aliphatic rings. The van der Waals surface area contributed by atoms with E-state index in [1.165, 1.54) is 16.6 Å². The van der Waals surface area contributed by atoms with E-state index in [1.807, 2.05) is 13.8 Å². The molecule has 0 N–H and O–H groups in total. The summed E-state index contributed by atoms with van der Waals surface area (Å²) in [6, 6.07) is 4.13. The molecule has 3 nitrogen and oxygen atoms in total. The standard InChI is InChI=1S/C17H14ClF4N3/c1-8(2)12-9(3)23-16-13(19)14(24-25(16)15(12)18)10-4-6-11(7-5-10)17(20,21)22/h4-8H,1-3H3. The zero-order chi connectivity index (χ0) is 18.5. The molecular formula is C17H14ClF4N3. The second kappa shape index (κ2) is 5.98. The quantitative estimate of drug-likeness (QED) is 0.431. The number of alkyl halides is 3. The van der Waals surface area contributed by atoms with E-state index in [9.17, 15) is 17.6 Å². The highest BCUT2D eigenvalue weighted by atomic mass is 35.5. The number of hydrogen-bond acceptors (Lipinski definition) is 2. The molecule has 0 spiro atoms. The highest BCUT2D eigenvalue weighted by Gasteiger charge is 2.30. The van der Waals surface area contributed by atoms with Gasteiger partial charge in [-0.05, 0) is 25.0 Å². The lowest BCUT2D eigenvalue weighted by atomic mass is 10.0. The first-order chi connectivity index (χ1) is 11.6. The first-order valence-electron chi connectivity index (χ1n) is 7.53. The number of benzene rings is 1. The largest absolute Gasteiger partial charge is 0.416 e. The summed E-state index contributed by atoms with van der Waals surface area (Å²) in [5.74, 6) is -0.661. The highest BCUT2D eigenvalue weighted by Crippen LogP contribution is 2.33. The summed E-state index contributed by atoms with van der Waals surface area (Å²) < 4.78 is 53.9. The van der Waals surface area contributed by atoms with Gasteiger partial charge in [-0.15, -0.1) is 0 Å². The third-order valence-electron chi connectivity index (χ3n) is 3.94. The number of halogens is 5. The molecule has 0 amide bonds. The van der Waals surface area contributed by atoms with Crippen LogP contribution in [0.3, 0.4) is 0 Å². The van der Waals surface area contributed by atoms with Gasteiger partial charge in [0.2, 0.25) is 0 Å². The van der Waals surface area contributed by atoms with Crippen LogP contribution in [-0.4, -0.2) is 14.6 Å². The van der Waals surface area contributed by atoms with Gasteiger partial charge in [-0.25, -0.2) is 9.37 Å². The second-order valence-electron chi connectivity index (χ2n) is 6.03. The summed E-state index contributed by atoms with van der Waals surface area (Å²) in [6.45, 7) is 5.59. The lowest BCUT2D eigenvalue weighted by molar-refractivity contribution is -0.137. The Morgan fingerprint density at radius 2 is 1.72 bits per heavy atom. The molecule has 132 valence electrons. The minimum atomic E-state index is -4.45. The van der Waals surface area contributed by atoms with Gasteiger partial charge in [-0.1, -0.05) is 37.6 Å². The van der Waals surface area contributed by atoms with Crippen LogP contribution in [0.1, 0.15) is 36.6 Å². The third-order valence-corrected chi connectivity index (χ3v) is 4.30. The molecule has 2 heterocycles. The molecule has 25 heavy (non-hydrogen) atoms. The fourth-order valence-corrected chi connectivity index (χ4v) is 3.24. The van der Waals surface area contributed by atoms with E-state index in [1.54, 1.807) is 6.92 Å². The molecular weight excluding hydrogens is 358 g/mol. The molecule has 0 bridgehead atoms. The van der Waals surface area contributed by atoms with Crippen molar-refractivity contribution in [3.8, 4) is 11.3 Å². The van der Waals surface area contributed by atoms with Crippen LogP contribution in [0, 0.1) is 12.7 Å². The molecule has 3 rings (SSSR count). The van der Waals surface area contributed by atoms with Crippen molar-refractivity contribution in [3.63, 3.8) is 0 Å². The molecule has 0 saturated carbocycles. The Morgan fingerprint density at radius 3 is 2.24 bits per heavy atom. The zero-order valence-corrected chi connectivity index (χ0v) is 14.4. The Kier molecular flexibility index (Phi) is 4.23. The molecule has 8 heteroatoms. The summed E-state index contributed by atoms with van der Waals surface area (Å²) in [4.78, 5) is 4.22. The van der Waals surface area contributed by atoms with Crippen molar-refractivity contribution in [2.45, 2.75) is 32.9 Å². The van der Waals surface area contributed by atoms with E-state index in [4.69, 9.17) is 11.6 Å². The Balaban J connectivity index is 2.18. The number of nitrogens with zero attached hydrogens (tertiary/aromatic N) is 3. The summed E-state index contributed by atoms with van der Waals surface area (Å²) in [5, 5.41) is 4.37. The summed E-state index contributed by atoms with van der Waals surface area (Å²) in [7, 11) is 0. The minimum absolute atomic E-state index is 0.0539. The van der Waals surface area contributed by atoms with Crippen LogP contribution in [0.4, 0.5) is 17.6 Å². The van der Waals surface area contributed by atoms with E-state index < -0.39 is 17.6 Å². The summed E-state index contributed by atoms with van der Waals surface area (Å²) in [5.41, 5.74) is 0.594. The molecule has 0 saturated heterocycles. The number of aromatic nitrogens is 3. The van der Waals surface area contributed by atoms with Crippen LogP contribution in [0.15, 0.2) is 24.3 Å². The van der Waals surface area contributed by atoms with E-state index >= 15 is 0 Å². The van der Waals surface area contributed by atoms with Crippen LogP contribution < -0.4 is 0 Å². The molecule has 1 aromatic carbocycles. The average molecular weight is 372 g/mol. The number of aryl methyl sites for hydroxylation is 1. The first-order valence-corrected chi connectivity index (χ1v) is 7.91. The van der Waals surface area contributed by atoms with Gasteiger partial charge < -0.3 is 0 Å². The Labute approximate surface area is 146 Å². The van der Waals surface area contributed by atoms with Crippen LogP contribution in [-0.2, 0) is 6.18 Å². The van der Waals surface area contributed by atoms with Crippen molar-refractivity contribution >= 4 is 17.2 Å². The number of hydrogen-bond donors (Lipinski definition) is 0. The van der Waals surface area contributed by atoms with Crippen molar-refractivity contribution in [2.24, 2.45) is 0 Å². The predicted molar refractivity (Wildman–Crippen MR) is 87.2 cm³/mol. The normalized spacial score (nSPS) is 12.4. The Bertz CT molecular complexity index is 943. The van der Waals surface area contributed by atoms with Gasteiger partial charge >= 0.3 is 6.18 Å². The SMILES string of the molecule is Cc1nc2c(F)c(-c3ccc(C(F)(F)F)cc3)nn2c(Cl)c1C(C)C. The maximum Gasteiger partial charge on any atom is 0.416 e. The maximum absolute atomic E-state index is 14.7. The third kappa shape index (κ3) is 2.97. The molecule has 2 aromatic heterocycles. The van der Waals surface area contributed by atoms with Gasteiger partial charge in [0.05, 0.1) is 5.56 Å². The van der Waals surface area contributed by atoms with Crippen molar-refractivity contribution < 1.29 is 17.6 Å². The van der Waals surface area contributed by atoms with E-state index in [0.717, 1.165) is 17.7 Å². The van der Waals surface area contributed by atoms with Crippen LogP contribution in [0.25, 0.3) is 16.9 Å². The smallest absolute Gasteiger partial charge is 0.231 e. The molecule has 3 aromatic rings. The maximum atomic E-state index is 14.7. The molecule has 0 atom stereocenters. The highest BCUT2D eigenvalue weighted by molar-refractivity contribution is 6.30. The molecule has 0 unspecified atom stereocenters. The minimum Gasteiger partial charge on any atom is -0.231 e. The zero-order valence-electron chi connectivity index (χ0n) is 13.6. The van der Waals surface area contributed by atoms with Gasteiger partial charge in [-0.3, -0.25) is 0 Å². The van der Waals surface area contributed by atoms with E-state index in [2.05, 4.69) is 10.1 Å². The van der Waals surface area contributed by atoms with Gasteiger partial charge in [0.25, 0.3) is 0 Å². The molecule has 0 aliphatic heterocycles. The summed E-state index contributed by atoms with van der Waals surface area (Å²) in [6.07, 6.45) is -4.45. The van der Waals surface area contributed by atoms with Gasteiger partial charge in [0.1, 0.15) is 10.8 Å². The molecule has 0 aliphatic carbocycles. The predicted octanol–water partition coefficient (Wildman–Crippen LogP) is 5.64. The fourth-order valence-electron chi connectivity index (χ4n) is 2.76. The molecule has 0 radical (unpaired) electrons. The summed E-state index contributed by atoms with van der Waals surface area (Å²) >= 11 is 6.34. The van der Waals surface area contributed by atoms with Crippen molar-refractivity contribution in [1.29, 1.82) is 0 Å². The average Bonchev–Trinajstić information content (AvgIpc) is 2.84. The Hall–Kier alpha value is -2.15. The lowest BCUT2D eigenvalue weighted by Gasteiger charge is -2.11. The molecule has 0 fully saturated rings. The Morgan fingerprint density at radius 1 is 1.12 bits per heavy atom. The monoisotopic (exact) mass is 371 g/mol. The fraction of sp³-hybridized carbons (Fsp3) is 0.294. The van der Waals surface area contributed by atoms with Crippen LogP contribution >= 0.6 is 11.6 Å². The van der Waals surface area contributed by atoms with Crippen LogP contribution in [0.2, 0.25) is 5.15 Å².